The van der Waals surface area contributed by atoms with Crippen LogP contribution >= 0.6 is 0 Å². The second-order valence-electron chi connectivity index (χ2n) is 8.68. The summed E-state index contributed by atoms with van der Waals surface area (Å²) in [5.74, 6) is 0.176. The molecule has 1 spiro atoms. The van der Waals surface area contributed by atoms with E-state index in [1.165, 1.54) is 0 Å². The van der Waals surface area contributed by atoms with Gasteiger partial charge in [-0.25, -0.2) is 4.79 Å². The first-order valence-corrected chi connectivity index (χ1v) is 11.6. The number of nitrogens with zero attached hydrogens (tertiary/aromatic N) is 2. The van der Waals surface area contributed by atoms with E-state index in [0.717, 1.165) is 22.3 Å². The van der Waals surface area contributed by atoms with Crippen molar-refractivity contribution in [2.75, 3.05) is 53.9 Å². The van der Waals surface area contributed by atoms with Gasteiger partial charge in [0.1, 0.15) is 12.3 Å². The average Bonchev–Trinajstić information content (AvgIpc) is 2.99. The lowest BCUT2D eigenvalue weighted by atomic mass is 9.84. The number of hydrogen-bond donors (Lipinski definition) is 0. The minimum atomic E-state index is -0.811. The van der Waals surface area contributed by atoms with Gasteiger partial charge in [-0.2, -0.15) is 5.06 Å². The fraction of sp³-hybridized carbons (Fsp3) is 0.600. The zero-order valence-corrected chi connectivity index (χ0v) is 21.1. The summed E-state index contributed by atoms with van der Waals surface area (Å²) in [5.41, 5.74) is 3.41. The minimum absolute atomic E-state index is 0.134. The van der Waals surface area contributed by atoms with Gasteiger partial charge in [0.05, 0.1) is 25.9 Å². The van der Waals surface area contributed by atoms with Crippen molar-refractivity contribution in [3.8, 4) is 0 Å². The molecule has 9 heteroatoms. The third-order valence-electron chi connectivity index (χ3n) is 6.47. The molecule has 0 aromatic heterocycles. The summed E-state index contributed by atoms with van der Waals surface area (Å²) in [7, 11) is 3.18. The molecule has 9 nitrogen and oxygen atoms in total. The number of aryl methyl sites for hydroxylation is 3. The molecule has 0 bridgehead atoms. The number of rotatable bonds is 9. The SMILES string of the molecule is CCOC(=O)OC1=C(c2c(C)cc(C)cc2C)C(=O)N(CCOCOC)C12CCN(OC)CC2. The Labute approximate surface area is 201 Å². The molecule has 3 rings (SSSR count). The third-order valence-corrected chi connectivity index (χ3v) is 6.47. The van der Waals surface area contributed by atoms with Crippen LogP contribution in [-0.4, -0.2) is 81.4 Å². The number of benzene rings is 1. The fourth-order valence-corrected chi connectivity index (χ4v) is 5.10. The van der Waals surface area contributed by atoms with E-state index >= 15 is 0 Å². The quantitative estimate of drug-likeness (QED) is 0.305. The highest BCUT2D eigenvalue weighted by Gasteiger charge is 2.55. The van der Waals surface area contributed by atoms with E-state index in [2.05, 4.69) is 0 Å². The summed E-state index contributed by atoms with van der Waals surface area (Å²) in [6.45, 7) is 9.78. The zero-order chi connectivity index (χ0) is 24.9. The molecule has 34 heavy (non-hydrogen) atoms. The maximum absolute atomic E-state index is 14.0. The molecule has 1 aromatic rings. The largest absolute Gasteiger partial charge is 0.513 e. The molecule has 0 aliphatic carbocycles. The van der Waals surface area contributed by atoms with E-state index in [-0.39, 0.29) is 19.3 Å². The molecule has 0 atom stereocenters. The van der Waals surface area contributed by atoms with Crippen LogP contribution in [0.1, 0.15) is 42.0 Å². The second kappa shape index (κ2) is 11.3. The Kier molecular flexibility index (Phi) is 8.70. The number of carbonyl (C=O) groups is 2. The number of hydroxylamine groups is 2. The summed E-state index contributed by atoms with van der Waals surface area (Å²) in [6, 6.07) is 4.07. The predicted octanol–water partition coefficient (Wildman–Crippen LogP) is 3.35. The number of methoxy groups -OCH3 is 1. The topological polar surface area (TPSA) is 86.8 Å². The van der Waals surface area contributed by atoms with Crippen molar-refractivity contribution < 1.29 is 33.4 Å². The van der Waals surface area contributed by atoms with Gasteiger partial charge in [0.2, 0.25) is 0 Å². The van der Waals surface area contributed by atoms with Crippen molar-refractivity contribution in [3.05, 3.63) is 40.1 Å². The highest BCUT2D eigenvalue weighted by Crippen LogP contribution is 2.48. The molecule has 0 radical (unpaired) electrons. The highest BCUT2D eigenvalue weighted by atomic mass is 16.7. The molecular weight excluding hydrogens is 440 g/mol. The average molecular weight is 477 g/mol. The van der Waals surface area contributed by atoms with Gasteiger partial charge in [0, 0.05) is 26.7 Å². The molecule has 2 aliphatic heterocycles. The fourth-order valence-electron chi connectivity index (χ4n) is 5.10. The van der Waals surface area contributed by atoms with E-state index in [9.17, 15) is 9.59 Å². The van der Waals surface area contributed by atoms with E-state index < -0.39 is 11.7 Å². The Bertz CT molecular complexity index is 912. The summed E-state index contributed by atoms with van der Waals surface area (Å²) >= 11 is 0. The van der Waals surface area contributed by atoms with Crippen molar-refractivity contribution in [3.63, 3.8) is 0 Å². The molecule has 0 N–H and O–H groups in total. The Morgan fingerprint density at radius 2 is 1.74 bits per heavy atom. The summed E-state index contributed by atoms with van der Waals surface area (Å²) in [4.78, 5) is 33.8. The van der Waals surface area contributed by atoms with Gasteiger partial charge < -0.3 is 28.7 Å². The maximum atomic E-state index is 14.0. The Morgan fingerprint density at radius 3 is 2.29 bits per heavy atom. The van der Waals surface area contributed by atoms with Crippen LogP contribution < -0.4 is 0 Å². The lowest BCUT2D eigenvalue weighted by Gasteiger charge is -2.44. The summed E-state index contributed by atoms with van der Waals surface area (Å²) in [5, 5.41) is 1.84. The first kappa shape index (κ1) is 26.2. The van der Waals surface area contributed by atoms with Gasteiger partial charge in [-0.05, 0) is 57.2 Å². The van der Waals surface area contributed by atoms with E-state index in [4.69, 9.17) is 23.8 Å². The highest BCUT2D eigenvalue weighted by molar-refractivity contribution is 6.24. The molecule has 2 aliphatic rings. The second-order valence-corrected chi connectivity index (χ2v) is 8.68. The Hall–Kier alpha value is -2.46. The van der Waals surface area contributed by atoms with Crippen molar-refractivity contribution in [1.29, 1.82) is 0 Å². The van der Waals surface area contributed by atoms with Crippen LogP contribution in [0, 0.1) is 20.8 Å². The predicted molar refractivity (Wildman–Crippen MR) is 126 cm³/mol. The smallest absolute Gasteiger partial charge is 0.434 e. The van der Waals surface area contributed by atoms with Crippen LogP contribution in [0.3, 0.4) is 0 Å². The van der Waals surface area contributed by atoms with E-state index in [0.29, 0.717) is 50.4 Å². The standard InChI is InChI=1S/C25H36N2O7/c1-7-33-24(29)34-22-21(20-18(3)14-17(2)15-19(20)4)23(28)27(12-13-32-16-30-5)25(22)8-10-26(31-6)11-9-25/h14-15H,7-13,16H2,1-6H3. The lowest BCUT2D eigenvalue weighted by molar-refractivity contribution is -0.165. The van der Waals surface area contributed by atoms with Gasteiger partial charge >= 0.3 is 6.16 Å². The van der Waals surface area contributed by atoms with Gasteiger partial charge in [-0.3, -0.25) is 4.79 Å². The molecule has 1 amide bonds. The molecule has 188 valence electrons. The third kappa shape index (κ3) is 5.12. The van der Waals surface area contributed by atoms with Crippen LogP contribution in [-0.2, 0) is 28.6 Å². The van der Waals surface area contributed by atoms with Crippen LogP contribution in [0.5, 0.6) is 0 Å². The van der Waals surface area contributed by atoms with E-state index in [1.807, 2.05) is 38.0 Å². The Balaban J connectivity index is 2.15. The van der Waals surface area contributed by atoms with E-state index in [1.54, 1.807) is 26.0 Å². The molecule has 2 heterocycles. The van der Waals surface area contributed by atoms with Crippen molar-refractivity contribution in [2.45, 2.75) is 46.1 Å². The zero-order valence-electron chi connectivity index (χ0n) is 21.1. The van der Waals surface area contributed by atoms with Crippen LogP contribution in [0.25, 0.3) is 5.57 Å². The minimum Gasteiger partial charge on any atom is -0.434 e. The monoisotopic (exact) mass is 476 g/mol. The molecule has 0 saturated carbocycles. The molecule has 1 fully saturated rings. The molecule has 0 unspecified atom stereocenters. The summed E-state index contributed by atoms with van der Waals surface area (Å²) in [6.07, 6.45) is 0.272. The number of carbonyl (C=O) groups excluding carboxylic acids is 2. The molecule has 1 aromatic carbocycles. The van der Waals surface area contributed by atoms with Gasteiger partial charge in [0.25, 0.3) is 5.91 Å². The summed E-state index contributed by atoms with van der Waals surface area (Å²) < 4.78 is 21.5. The van der Waals surface area contributed by atoms with Gasteiger partial charge in [-0.1, -0.05) is 17.7 Å². The van der Waals surface area contributed by atoms with Gasteiger partial charge in [-0.15, -0.1) is 0 Å². The maximum Gasteiger partial charge on any atom is 0.513 e. The molecular formula is C25H36N2O7. The van der Waals surface area contributed by atoms with Crippen LogP contribution in [0.2, 0.25) is 0 Å². The van der Waals surface area contributed by atoms with Crippen molar-refractivity contribution in [1.82, 2.24) is 9.96 Å². The van der Waals surface area contributed by atoms with Crippen molar-refractivity contribution in [2.24, 2.45) is 0 Å². The first-order valence-electron chi connectivity index (χ1n) is 11.6. The lowest BCUT2D eigenvalue weighted by Crippen LogP contribution is -2.56. The van der Waals surface area contributed by atoms with Crippen LogP contribution in [0.15, 0.2) is 17.9 Å². The number of ether oxygens (including phenoxy) is 4. The van der Waals surface area contributed by atoms with Crippen LogP contribution in [0.4, 0.5) is 4.79 Å². The molecule has 1 saturated heterocycles. The normalized spacial score (nSPS) is 18.2. The number of piperidine rings is 1. The first-order chi connectivity index (χ1) is 16.3. The van der Waals surface area contributed by atoms with Crippen molar-refractivity contribution >= 4 is 17.6 Å². The number of amides is 1. The number of hydrogen-bond acceptors (Lipinski definition) is 8. The Morgan fingerprint density at radius 1 is 1.09 bits per heavy atom. The van der Waals surface area contributed by atoms with Gasteiger partial charge in [0.15, 0.2) is 5.76 Å².